The highest BCUT2D eigenvalue weighted by atomic mass is 35.5. The topological polar surface area (TPSA) is 123 Å². The number of ketones is 1. The number of hydrogen-bond acceptors (Lipinski definition) is 7. The Hall–Kier alpha value is -3.69. The highest BCUT2D eigenvalue weighted by Gasteiger charge is 2.61. The number of carbonyl (C=O) groups excluding carboxylic acids is 3. The third-order valence-electron chi connectivity index (χ3n) is 9.68. The van der Waals surface area contributed by atoms with Crippen LogP contribution in [0.1, 0.15) is 77.5 Å². The summed E-state index contributed by atoms with van der Waals surface area (Å²) in [6, 6.07) is 5.82. The van der Waals surface area contributed by atoms with E-state index >= 15 is 4.79 Å². The fourth-order valence-electron chi connectivity index (χ4n) is 7.62. The molecule has 1 fully saturated rings. The molecule has 270 valence electrons. The predicted octanol–water partition coefficient (Wildman–Crippen LogP) is 6.99. The maximum absolute atomic E-state index is 15.4. The highest BCUT2D eigenvalue weighted by molar-refractivity contribution is 7.10. The van der Waals surface area contributed by atoms with Gasteiger partial charge in [-0.1, -0.05) is 31.0 Å². The summed E-state index contributed by atoms with van der Waals surface area (Å²) in [5.74, 6) is -4.50. The van der Waals surface area contributed by atoms with Gasteiger partial charge in [0.05, 0.1) is 17.0 Å². The number of piperidine rings is 1. The number of aryl methyl sites for hydroxylation is 1. The molecular weight excluding hydrogens is 712 g/mol. The molecule has 1 aliphatic heterocycles. The van der Waals surface area contributed by atoms with Gasteiger partial charge in [0.2, 0.25) is 5.91 Å². The SMILES string of the molecule is CCC[C@H]1N(C(=O)c2ncccc2C(F)(F)F)CCC[C@@]1(Oc1csc(C(F)(F)F)c1)C(=O)[C@@H]1CCc2cc(Cl)ccc2C1(CCO)C(N)=O. The number of halogens is 7. The Morgan fingerprint density at radius 1 is 1.14 bits per heavy atom. The van der Waals surface area contributed by atoms with E-state index in [1.807, 2.05) is 0 Å². The number of rotatable bonds is 10. The van der Waals surface area contributed by atoms with Gasteiger partial charge in [0, 0.05) is 41.7 Å². The van der Waals surface area contributed by atoms with Crippen LogP contribution in [0.15, 0.2) is 48.0 Å². The number of ether oxygens (including phenoxy) is 1. The number of alkyl halides is 6. The number of carbonyl (C=O) groups is 3. The fraction of sp³-hybridized carbons (Fsp3) is 0.471. The number of pyridine rings is 1. The van der Waals surface area contributed by atoms with Gasteiger partial charge in [-0.3, -0.25) is 19.4 Å². The van der Waals surface area contributed by atoms with Crippen LogP contribution in [0.3, 0.4) is 0 Å². The zero-order chi connectivity index (χ0) is 36.6. The molecule has 0 bridgehead atoms. The third-order valence-corrected chi connectivity index (χ3v) is 10.9. The van der Waals surface area contributed by atoms with Crippen molar-refractivity contribution in [2.75, 3.05) is 13.2 Å². The van der Waals surface area contributed by atoms with Gasteiger partial charge in [0.1, 0.15) is 16.3 Å². The lowest BCUT2D eigenvalue weighted by Crippen LogP contribution is -2.68. The molecule has 1 aliphatic carbocycles. The number of Topliss-reactive ketones (excluding diaryl/α,β-unsaturated/α-hetero) is 1. The second-order valence-electron chi connectivity index (χ2n) is 12.5. The highest BCUT2D eigenvalue weighted by Crippen LogP contribution is 2.50. The number of thiophene rings is 1. The first-order chi connectivity index (χ1) is 23.5. The molecule has 3 heterocycles. The predicted molar refractivity (Wildman–Crippen MR) is 172 cm³/mol. The number of primary amides is 1. The number of aliphatic hydroxyl groups is 1. The van der Waals surface area contributed by atoms with Crippen molar-refractivity contribution < 1.29 is 50.6 Å². The zero-order valence-electron chi connectivity index (χ0n) is 26.7. The Kier molecular flexibility index (Phi) is 10.6. The minimum absolute atomic E-state index is 0.00459. The van der Waals surface area contributed by atoms with Crippen LogP contribution in [-0.4, -0.2) is 57.4 Å². The number of hydrogen-bond donors (Lipinski definition) is 2. The van der Waals surface area contributed by atoms with Crippen molar-refractivity contribution in [3.8, 4) is 5.75 Å². The normalized spacial score (nSPS) is 24.1. The average Bonchev–Trinajstić information content (AvgIpc) is 3.53. The molecule has 0 spiro atoms. The monoisotopic (exact) mass is 745 g/mol. The van der Waals surface area contributed by atoms with E-state index in [4.69, 9.17) is 22.1 Å². The minimum Gasteiger partial charge on any atom is -0.476 e. The van der Waals surface area contributed by atoms with E-state index in [9.17, 15) is 41.0 Å². The van der Waals surface area contributed by atoms with E-state index in [-0.39, 0.29) is 57.2 Å². The smallest absolute Gasteiger partial charge is 0.425 e. The molecule has 0 saturated carbocycles. The summed E-state index contributed by atoms with van der Waals surface area (Å²) in [6.45, 7) is 1.02. The van der Waals surface area contributed by atoms with Crippen molar-refractivity contribution in [2.24, 2.45) is 11.7 Å². The van der Waals surface area contributed by atoms with Crippen LogP contribution >= 0.6 is 22.9 Å². The van der Waals surface area contributed by atoms with Gasteiger partial charge >= 0.3 is 12.4 Å². The first-order valence-corrected chi connectivity index (χ1v) is 17.2. The Morgan fingerprint density at radius 2 is 1.88 bits per heavy atom. The molecule has 2 aliphatic rings. The number of fused-ring (bicyclic) bond motifs is 1. The molecule has 2 amide bonds. The largest absolute Gasteiger partial charge is 0.476 e. The summed E-state index contributed by atoms with van der Waals surface area (Å²) in [6.07, 6.45) is -8.63. The van der Waals surface area contributed by atoms with Crippen LogP contribution in [0.4, 0.5) is 26.3 Å². The number of likely N-dealkylation sites (tertiary alicyclic amines) is 1. The number of aliphatic hydroxyl groups excluding tert-OH is 1. The molecule has 1 saturated heterocycles. The number of aromatic nitrogens is 1. The first kappa shape index (κ1) is 37.6. The van der Waals surface area contributed by atoms with Crippen LogP contribution in [0, 0.1) is 5.92 Å². The molecule has 16 heteroatoms. The molecule has 3 N–H and O–H groups in total. The summed E-state index contributed by atoms with van der Waals surface area (Å²) in [5, 5.41) is 11.7. The van der Waals surface area contributed by atoms with E-state index in [0.717, 1.165) is 28.6 Å². The second-order valence-corrected chi connectivity index (χ2v) is 13.9. The molecule has 3 aromatic rings. The van der Waals surface area contributed by atoms with E-state index in [2.05, 4.69) is 4.98 Å². The first-order valence-electron chi connectivity index (χ1n) is 15.9. The maximum Gasteiger partial charge on any atom is 0.425 e. The van der Waals surface area contributed by atoms with Crippen molar-refractivity contribution in [1.29, 1.82) is 0 Å². The van der Waals surface area contributed by atoms with Gasteiger partial charge in [-0.2, -0.15) is 26.3 Å². The molecule has 8 nitrogen and oxygen atoms in total. The summed E-state index contributed by atoms with van der Waals surface area (Å²) >= 11 is 6.56. The Bertz CT molecular complexity index is 1770. The van der Waals surface area contributed by atoms with Crippen molar-refractivity contribution in [2.45, 2.75) is 81.3 Å². The van der Waals surface area contributed by atoms with Gasteiger partial charge < -0.3 is 20.5 Å². The lowest BCUT2D eigenvalue weighted by molar-refractivity contribution is -0.156. The molecule has 1 aromatic carbocycles. The van der Waals surface area contributed by atoms with Gasteiger partial charge in [0.25, 0.3) is 5.91 Å². The van der Waals surface area contributed by atoms with Crippen LogP contribution in [-0.2, 0) is 33.8 Å². The quantitative estimate of drug-likeness (QED) is 0.216. The van der Waals surface area contributed by atoms with Gasteiger partial charge in [-0.25, -0.2) is 0 Å². The average molecular weight is 746 g/mol. The Balaban J connectivity index is 1.71. The third kappa shape index (κ3) is 6.71. The van der Waals surface area contributed by atoms with Gasteiger partial charge in [-0.15, -0.1) is 11.3 Å². The fourth-order valence-corrected chi connectivity index (χ4v) is 8.49. The molecule has 50 heavy (non-hydrogen) atoms. The van der Waals surface area contributed by atoms with E-state index < -0.39 is 75.7 Å². The van der Waals surface area contributed by atoms with Crippen LogP contribution in [0.2, 0.25) is 5.02 Å². The van der Waals surface area contributed by atoms with E-state index in [1.165, 1.54) is 6.07 Å². The number of nitrogens with zero attached hydrogens (tertiary/aromatic N) is 2. The standard InChI is InChI=1S/C34H34ClF6N3O5S/c1-2-5-25-32(49-21-17-26(50-18-21)34(39,40)41,11-4-14-44(25)29(47)27-23(33(36,37)38)6-3-13-43-27)28(46)24-9-7-19-16-20(35)8-10-22(19)31(24,12-15-45)30(42)48/h3,6,8,10,13,16-18,24-25,45H,2,4-5,7,9,11-12,14-15H2,1H3,(H2,42,48)/t24-,25+,31?,32-/m0/s1. The summed E-state index contributed by atoms with van der Waals surface area (Å²) < 4.78 is 89.7. The molecule has 5 rings (SSSR count). The van der Waals surface area contributed by atoms with Crippen molar-refractivity contribution in [3.05, 3.63) is 80.3 Å². The molecule has 1 unspecified atom stereocenters. The molecule has 0 radical (unpaired) electrons. The van der Waals surface area contributed by atoms with Crippen molar-refractivity contribution >= 4 is 40.5 Å². The van der Waals surface area contributed by atoms with Crippen molar-refractivity contribution in [3.63, 3.8) is 0 Å². The lowest BCUT2D eigenvalue weighted by atomic mass is 9.57. The van der Waals surface area contributed by atoms with Crippen LogP contribution in [0.25, 0.3) is 0 Å². The molecule has 4 atom stereocenters. The molecule has 2 aromatic heterocycles. The van der Waals surface area contributed by atoms with E-state index in [1.54, 1.807) is 19.1 Å². The van der Waals surface area contributed by atoms with Crippen molar-refractivity contribution in [1.82, 2.24) is 9.88 Å². The number of nitrogens with two attached hydrogens (primary N) is 1. The van der Waals surface area contributed by atoms with E-state index in [0.29, 0.717) is 33.6 Å². The minimum atomic E-state index is -4.95. The Morgan fingerprint density at radius 3 is 2.50 bits per heavy atom. The Labute approximate surface area is 292 Å². The van der Waals surface area contributed by atoms with Crippen LogP contribution in [0.5, 0.6) is 5.75 Å². The van der Waals surface area contributed by atoms with Gasteiger partial charge in [0.15, 0.2) is 11.4 Å². The summed E-state index contributed by atoms with van der Waals surface area (Å²) in [4.78, 5) is 46.8. The number of amides is 2. The summed E-state index contributed by atoms with van der Waals surface area (Å²) in [5.41, 5.74) is 0.851. The van der Waals surface area contributed by atoms with Gasteiger partial charge in [-0.05, 0) is 73.9 Å². The zero-order valence-corrected chi connectivity index (χ0v) is 28.3. The second kappa shape index (κ2) is 14.1. The lowest BCUT2D eigenvalue weighted by Gasteiger charge is -2.52. The summed E-state index contributed by atoms with van der Waals surface area (Å²) in [7, 11) is 0. The van der Waals surface area contributed by atoms with Crippen LogP contribution < -0.4 is 10.5 Å². The molecular formula is C34H34ClF6N3O5S. The maximum atomic E-state index is 15.4. The number of benzene rings is 1.